The second-order valence-corrected chi connectivity index (χ2v) is 17.6. The lowest BCUT2D eigenvalue weighted by molar-refractivity contribution is -0.138. The van der Waals surface area contributed by atoms with Gasteiger partial charge in [-0.2, -0.15) is 13.2 Å². The summed E-state index contributed by atoms with van der Waals surface area (Å²) in [6.07, 6.45) is -4.80. The molecular formula is C63H43F3N4O6. The van der Waals surface area contributed by atoms with Gasteiger partial charge in [0.25, 0.3) is 0 Å². The molecule has 0 fully saturated rings. The number of alkyl halides is 3. The van der Waals surface area contributed by atoms with Gasteiger partial charge in [0, 0.05) is 67.8 Å². The molecular weight excluding hydrogens is 966 g/mol. The summed E-state index contributed by atoms with van der Waals surface area (Å²) in [6.45, 7) is 0. The molecule has 10 aromatic carbocycles. The summed E-state index contributed by atoms with van der Waals surface area (Å²) < 4.78 is 66.9. The van der Waals surface area contributed by atoms with Crippen molar-refractivity contribution in [2.24, 2.45) is 0 Å². The predicted octanol–water partition coefficient (Wildman–Crippen LogP) is 17.6. The lowest BCUT2D eigenvalue weighted by Crippen LogP contribution is -2.07. The molecule has 20 bridgehead atoms. The molecule has 16 aliphatic heterocycles. The van der Waals surface area contributed by atoms with Crippen LogP contribution in [0.15, 0.2) is 237 Å². The number of rotatable bonds is 0. The maximum atomic E-state index is 14.4. The van der Waals surface area contributed by atoms with Crippen molar-refractivity contribution >= 4 is 57.1 Å². The van der Waals surface area contributed by atoms with Crippen molar-refractivity contribution < 1.29 is 41.7 Å². The number of anilines is 8. The van der Waals surface area contributed by atoms with Crippen LogP contribution in [0, 0.1) is 0 Å². The first-order chi connectivity index (χ1) is 37.0. The largest absolute Gasteiger partial charge is 0.457 e. The van der Waals surface area contributed by atoms with Gasteiger partial charge in [0.05, 0.1) is 0 Å². The highest BCUT2D eigenvalue weighted by molar-refractivity contribution is 6.09. The number of ketones is 2. The van der Waals surface area contributed by atoms with Crippen LogP contribution in [0.1, 0.15) is 37.4 Å². The first-order valence-corrected chi connectivity index (χ1v) is 24.0. The van der Waals surface area contributed by atoms with Crippen molar-refractivity contribution in [3.05, 3.63) is 264 Å². The molecule has 4 N–H and O–H groups in total. The zero-order valence-corrected chi connectivity index (χ0v) is 40.1. The van der Waals surface area contributed by atoms with E-state index < -0.39 is 17.5 Å². The minimum absolute atomic E-state index is 0.0917. The Bertz CT molecular complexity index is 3650. The van der Waals surface area contributed by atoms with Crippen molar-refractivity contribution in [3.63, 3.8) is 0 Å². The number of hydrogen-bond acceptors (Lipinski definition) is 10. The van der Waals surface area contributed by atoms with Gasteiger partial charge < -0.3 is 40.2 Å². The Morgan fingerprint density at radius 2 is 0.474 bits per heavy atom. The average molecular weight is 1010 g/mol. The molecule has 0 aliphatic carbocycles. The van der Waals surface area contributed by atoms with Crippen LogP contribution in [0.4, 0.5) is 58.7 Å². The summed E-state index contributed by atoms with van der Waals surface area (Å²) in [5.41, 5.74) is 7.70. The van der Waals surface area contributed by atoms with Crippen molar-refractivity contribution in [2.75, 3.05) is 21.3 Å². The molecule has 10 aromatic rings. The number of carbonyl (C=O) groups excluding carboxylic acids is 2. The van der Waals surface area contributed by atoms with Crippen LogP contribution >= 0.6 is 0 Å². The molecule has 0 radical (unpaired) electrons. The van der Waals surface area contributed by atoms with Crippen LogP contribution in [0.5, 0.6) is 46.0 Å². The maximum absolute atomic E-state index is 14.4. The molecule has 0 unspecified atom stereocenters. The summed E-state index contributed by atoms with van der Waals surface area (Å²) in [5.74, 6) is 1.47. The third kappa shape index (κ3) is 11.6. The van der Waals surface area contributed by atoms with Gasteiger partial charge >= 0.3 is 6.18 Å². The molecule has 16 aliphatic rings. The monoisotopic (exact) mass is 1010 g/mol. The second kappa shape index (κ2) is 21.1. The maximum Gasteiger partial charge on any atom is 0.420 e. The van der Waals surface area contributed by atoms with Gasteiger partial charge in [0.1, 0.15) is 51.6 Å². The molecule has 26 rings (SSSR count). The third-order valence-electron chi connectivity index (χ3n) is 12.2. The van der Waals surface area contributed by atoms with E-state index in [1.807, 2.05) is 121 Å². The lowest BCUT2D eigenvalue weighted by Gasteiger charge is -2.16. The second-order valence-electron chi connectivity index (χ2n) is 17.6. The molecule has 0 amide bonds. The van der Waals surface area contributed by atoms with Gasteiger partial charge in [-0.15, -0.1) is 0 Å². The molecule has 0 saturated carbocycles. The Kier molecular flexibility index (Phi) is 13.3. The molecule has 0 atom stereocenters. The zero-order chi connectivity index (χ0) is 52.0. The van der Waals surface area contributed by atoms with E-state index in [1.165, 1.54) is 48.5 Å². The predicted molar refractivity (Wildman–Crippen MR) is 290 cm³/mol. The van der Waals surface area contributed by atoms with Gasteiger partial charge in [-0.25, -0.2) is 0 Å². The molecule has 76 heavy (non-hydrogen) atoms. The minimum Gasteiger partial charge on any atom is -0.457 e. The lowest BCUT2D eigenvalue weighted by atomic mass is 10.0. The van der Waals surface area contributed by atoms with Crippen LogP contribution < -0.4 is 40.2 Å². The van der Waals surface area contributed by atoms with E-state index in [0.717, 1.165) is 51.6 Å². The summed E-state index contributed by atoms with van der Waals surface area (Å²) in [5, 5.41) is 13.7. The van der Waals surface area contributed by atoms with Gasteiger partial charge in [0.2, 0.25) is 0 Å². The minimum atomic E-state index is -4.80. The first kappa shape index (κ1) is 48.0. The van der Waals surface area contributed by atoms with E-state index in [4.69, 9.17) is 18.9 Å². The molecule has 0 saturated heterocycles. The SMILES string of the molecule is O=C1c2ccc(cc2)Oc2ccc(cc2)Nc2ccc(cc2)Nc2ccc(cc2)Nc2ccc(cc2)Nc2ccc(cc2)Oc2ccc(cc2)C(=O)c2ccc(cc2)Oc2ccc(cc2C(F)(F)F)Oc2ccc1cc2. The Hall–Kier alpha value is -10.3. The fourth-order valence-corrected chi connectivity index (χ4v) is 8.24. The number of carbonyl (C=O) groups is 2. The number of benzene rings is 10. The number of halogens is 3. The molecule has 16 heterocycles. The van der Waals surface area contributed by atoms with Gasteiger partial charge in [0.15, 0.2) is 11.6 Å². The quantitative estimate of drug-likeness (QED) is 0.117. The highest BCUT2D eigenvalue weighted by Crippen LogP contribution is 2.41. The Morgan fingerprint density at radius 1 is 0.263 bits per heavy atom. The van der Waals surface area contributed by atoms with E-state index in [0.29, 0.717) is 45.3 Å². The fraction of sp³-hybridized carbons (Fsp3) is 0.0159. The van der Waals surface area contributed by atoms with Crippen molar-refractivity contribution in [2.45, 2.75) is 6.18 Å². The van der Waals surface area contributed by atoms with Crippen LogP contribution in [0.25, 0.3) is 0 Å². The topological polar surface area (TPSA) is 119 Å². The smallest absolute Gasteiger partial charge is 0.420 e. The molecule has 372 valence electrons. The summed E-state index contributed by atoms with van der Waals surface area (Å²) in [4.78, 5) is 26.8. The Labute approximate surface area is 435 Å². The highest BCUT2D eigenvalue weighted by atomic mass is 19.4. The third-order valence-corrected chi connectivity index (χ3v) is 12.2. The Morgan fingerprint density at radius 3 is 0.737 bits per heavy atom. The van der Waals surface area contributed by atoms with Crippen LogP contribution in [-0.2, 0) is 6.18 Å². The summed E-state index contributed by atoms with van der Waals surface area (Å²) in [6, 6.07) is 67.8. The number of nitrogens with one attached hydrogen (secondary N) is 4. The number of hydrogen-bond donors (Lipinski definition) is 4. The average Bonchev–Trinajstić information content (AvgIpc) is 3.45. The van der Waals surface area contributed by atoms with Gasteiger partial charge in [-0.05, 0) is 237 Å². The van der Waals surface area contributed by atoms with Crippen LogP contribution in [-0.4, -0.2) is 11.6 Å². The van der Waals surface area contributed by atoms with E-state index in [9.17, 15) is 22.8 Å². The normalized spacial score (nSPS) is 12.5. The standard InChI is InChI=1S/C63H43F3N4O6/c64-63(65,66)59-39-58-37-38-60(59)76-57-31-7-43(8-32-57)62(72)41-3-27-53(28-4-41)74-56-35-23-51(24-36-56)70-49-19-15-47(16-20-49)68-45-11-9-44(10-12-45)67-46-13-17-48(18-14-46)69-50-21-33-55(34-22-50)73-52-25-1-40(2-26-52)61(71)42-5-29-54(75-58)30-6-42/h1-39,67-70H. The molecule has 0 aromatic heterocycles. The van der Waals surface area contributed by atoms with E-state index in [-0.39, 0.29) is 28.8 Å². The summed E-state index contributed by atoms with van der Waals surface area (Å²) in [7, 11) is 0. The van der Waals surface area contributed by atoms with Gasteiger partial charge in [-0.3, -0.25) is 9.59 Å². The molecule has 10 nitrogen and oxygen atoms in total. The Balaban J connectivity index is 0.801. The highest BCUT2D eigenvalue weighted by Gasteiger charge is 2.35. The van der Waals surface area contributed by atoms with E-state index >= 15 is 0 Å². The number of ether oxygens (including phenoxy) is 4. The van der Waals surface area contributed by atoms with Crippen molar-refractivity contribution in [1.82, 2.24) is 0 Å². The van der Waals surface area contributed by atoms with Crippen molar-refractivity contribution in [3.8, 4) is 46.0 Å². The van der Waals surface area contributed by atoms with E-state index in [2.05, 4.69) is 21.3 Å². The van der Waals surface area contributed by atoms with Crippen molar-refractivity contribution in [1.29, 1.82) is 0 Å². The fourth-order valence-electron chi connectivity index (χ4n) is 8.24. The summed E-state index contributed by atoms with van der Waals surface area (Å²) >= 11 is 0. The zero-order valence-electron chi connectivity index (χ0n) is 40.1. The van der Waals surface area contributed by atoms with Crippen LogP contribution in [0.3, 0.4) is 0 Å². The first-order valence-electron chi connectivity index (χ1n) is 24.0. The van der Waals surface area contributed by atoms with E-state index in [1.54, 1.807) is 60.7 Å². The van der Waals surface area contributed by atoms with Crippen LogP contribution in [0.2, 0.25) is 0 Å². The molecule has 13 heteroatoms. The van der Waals surface area contributed by atoms with Gasteiger partial charge in [-0.1, -0.05) is 0 Å². The molecule has 0 spiro atoms.